The molecule has 1 fully saturated rings. The largest absolute Gasteiger partial charge is 0.496 e. The van der Waals surface area contributed by atoms with Gasteiger partial charge in [0.05, 0.1) is 25.3 Å². The molecule has 156 valence electrons. The molecule has 1 saturated heterocycles. The fraction of sp³-hybridized carbons (Fsp3) is 0.333. The van der Waals surface area contributed by atoms with Crippen molar-refractivity contribution in [2.75, 3.05) is 46.9 Å². The highest BCUT2D eigenvalue weighted by Gasteiger charge is 2.35. The quantitative estimate of drug-likeness (QED) is 0.587. The predicted octanol–water partition coefficient (Wildman–Crippen LogP) is 2.78. The van der Waals surface area contributed by atoms with Crippen molar-refractivity contribution in [3.63, 3.8) is 0 Å². The van der Waals surface area contributed by atoms with E-state index in [1.54, 1.807) is 18.2 Å². The highest BCUT2D eigenvalue weighted by atomic mass is 16.5. The molecule has 0 amide bonds. The third-order valence-electron chi connectivity index (χ3n) is 5.83. The van der Waals surface area contributed by atoms with Crippen LogP contribution in [0.3, 0.4) is 0 Å². The molecule has 0 aromatic heterocycles. The van der Waals surface area contributed by atoms with Gasteiger partial charge in [0.1, 0.15) is 11.5 Å². The van der Waals surface area contributed by atoms with Crippen LogP contribution in [-0.4, -0.2) is 68.3 Å². The van der Waals surface area contributed by atoms with E-state index in [2.05, 4.69) is 16.4 Å². The Bertz CT molecular complexity index is 1010. The van der Waals surface area contributed by atoms with Gasteiger partial charge in [-0.25, -0.2) is 0 Å². The van der Waals surface area contributed by atoms with Crippen molar-refractivity contribution in [1.82, 2.24) is 9.80 Å². The summed E-state index contributed by atoms with van der Waals surface area (Å²) in [6.45, 7) is 9.27. The molecule has 0 atom stereocenters. The van der Waals surface area contributed by atoms with Crippen molar-refractivity contribution in [2.45, 2.75) is 6.54 Å². The monoisotopic (exact) mass is 406 g/mol. The highest BCUT2D eigenvalue weighted by molar-refractivity contribution is 6.30. The summed E-state index contributed by atoms with van der Waals surface area (Å²) in [6.07, 6.45) is 1.93. The van der Waals surface area contributed by atoms with Gasteiger partial charge >= 0.3 is 0 Å². The first-order valence-corrected chi connectivity index (χ1v) is 10.1. The van der Waals surface area contributed by atoms with Gasteiger partial charge in [0, 0.05) is 50.4 Å². The molecule has 1 aliphatic carbocycles. The Kier molecular flexibility index (Phi) is 5.70. The standard InChI is InChI=1S/C24H26N2O4/c1-4-8-25-9-11-26(12-10-25)15-16-13-18-22(20(14-16)30-3)24(28)21-17(23(18)27)6-5-7-19(21)29-2/h4-7,13-14H,1,8-12,15H2,2-3H3. The van der Waals surface area contributed by atoms with Crippen LogP contribution in [0.1, 0.15) is 37.4 Å². The second-order valence-electron chi connectivity index (χ2n) is 7.63. The second kappa shape index (κ2) is 8.42. The zero-order chi connectivity index (χ0) is 21.3. The lowest BCUT2D eigenvalue weighted by Crippen LogP contribution is -2.45. The fourth-order valence-electron chi connectivity index (χ4n) is 4.30. The molecule has 1 aliphatic heterocycles. The smallest absolute Gasteiger partial charge is 0.201 e. The molecular formula is C24H26N2O4. The molecule has 1 heterocycles. The SMILES string of the molecule is C=CCN1CCN(Cc2cc(OC)c3c(c2)C(=O)c2cccc(OC)c2C3=O)CC1. The summed E-state index contributed by atoms with van der Waals surface area (Å²) in [6, 6.07) is 8.83. The molecule has 2 aromatic carbocycles. The van der Waals surface area contributed by atoms with Crippen LogP contribution in [0.2, 0.25) is 0 Å². The number of hydrogen-bond acceptors (Lipinski definition) is 6. The van der Waals surface area contributed by atoms with E-state index in [1.807, 2.05) is 18.2 Å². The molecule has 0 spiro atoms. The number of carbonyl (C=O) groups is 2. The number of hydrogen-bond donors (Lipinski definition) is 0. The number of methoxy groups -OCH3 is 2. The van der Waals surface area contributed by atoms with Crippen LogP contribution in [-0.2, 0) is 6.54 Å². The number of ether oxygens (including phenoxy) is 2. The first-order valence-electron chi connectivity index (χ1n) is 10.1. The van der Waals surface area contributed by atoms with E-state index in [9.17, 15) is 9.59 Å². The van der Waals surface area contributed by atoms with E-state index in [4.69, 9.17) is 9.47 Å². The van der Waals surface area contributed by atoms with Crippen LogP contribution in [0.15, 0.2) is 43.0 Å². The summed E-state index contributed by atoms with van der Waals surface area (Å²) in [5, 5.41) is 0. The number of rotatable bonds is 6. The van der Waals surface area contributed by atoms with Crippen LogP contribution in [0.5, 0.6) is 11.5 Å². The second-order valence-corrected chi connectivity index (χ2v) is 7.63. The van der Waals surface area contributed by atoms with Crippen LogP contribution in [0.4, 0.5) is 0 Å². The number of benzene rings is 2. The Balaban J connectivity index is 1.66. The first-order chi connectivity index (χ1) is 14.6. The topological polar surface area (TPSA) is 59.1 Å². The molecule has 2 aliphatic rings. The third-order valence-corrected chi connectivity index (χ3v) is 5.83. The Labute approximate surface area is 176 Å². The molecule has 4 rings (SSSR count). The van der Waals surface area contributed by atoms with Crippen molar-refractivity contribution in [1.29, 1.82) is 0 Å². The number of carbonyl (C=O) groups excluding carboxylic acids is 2. The van der Waals surface area contributed by atoms with Crippen LogP contribution in [0, 0.1) is 0 Å². The van der Waals surface area contributed by atoms with E-state index < -0.39 is 0 Å². The van der Waals surface area contributed by atoms with Crippen LogP contribution >= 0.6 is 0 Å². The van der Waals surface area contributed by atoms with E-state index in [0.29, 0.717) is 40.3 Å². The van der Waals surface area contributed by atoms with Gasteiger partial charge in [0.15, 0.2) is 5.78 Å². The average Bonchev–Trinajstić information content (AvgIpc) is 2.77. The Hall–Kier alpha value is -2.96. The summed E-state index contributed by atoms with van der Waals surface area (Å²) < 4.78 is 10.9. The molecule has 30 heavy (non-hydrogen) atoms. The van der Waals surface area contributed by atoms with Gasteiger partial charge in [-0.15, -0.1) is 6.58 Å². The normalized spacial score (nSPS) is 16.7. The van der Waals surface area contributed by atoms with E-state index >= 15 is 0 Å². The minimum Gasteiger partial charge on any atom is -0.496 e. The van der Waals surface area contributed by atoms with E-state index in [1.165, 1.54) is 14.2 Å². The Morgan fingerprint density at radius 3 is 2.23 bits per heavy atom. The lowest BCUT2D eigenvalue weighted by Gasteiger charge is -2.34. The van der Waals surface area contributed by atoms with Crippen LogP contribution < -0.4 is 9.47 Å². The number of nitrogens with zero attached hydrogens (tertiary/aromatic N) is 2. The number of ketones is 2. The summed E-state index contributed by atoms with van der Waals surface area (Å²) in [7, 11) is 3.03. The van der Waals surface area contributed by atoms with Crippen molar-refractivity contribution in [3.05, 3.63) is 70.8 Å². The molecule has 0 saturated carbocycles. The van der Waals surface area contributed by atoms with Gasteiger partial charge < -0.3 is 9.47 Å². The molecule has 0 N–H and O–H groups in total. The number of piperazine rings is 1. The minimum absolute atomic E-state index is 0.172. The summed E-state index contributed by atoms with van der Waals surface area (Å²) in [5.74, 6) is 0.427. The average molecular weight is 406 g/mol. The lowest BCUT2D eigenvalue weighted by atomic mass is 9.82. The first kappa shape index (κ1) is 20.3. The maximum atomic E-state index is 13.3. The van der Waals surface area contributed by atoms with Gasteiger partial charge in [-0.1, -0.05) is 18.2 Å². The zero-order valence-corrected chi connectivity index (χ0v) is 17.4. The highest BCUT2D eigenvalue weighted by Crippen LogP contribution is 2.38. The van der Waals surface area contributed by atoms with Gasteiger partial charge in [0.25, 0.3) is 0 Å². The molecular weight excluding hydrogens is 380 g/mol. The lowest BCUT2D eigenvalue weighted by molar-refractivity contribution is 0.0973. The Morgan fingerprint density at radius 1 is 0.900 bits per heavy atom. The molecule has 6 nitrogen and oxygen atoms in total. The minimum atomic E-state index is -0.238. The summed E-state index contributed by atoms with van der Waals surface area (Å²) in [4.78, 5) is 31.3. The Morgan fingerprint density at radius 2 is 1.57 bits per heavy atom. The molecule has 0 unspecified atom stereocenters. The maximum Gasteiger partial charge on any atom is 0.201 e. The molecule has 6 heteroatoms. The maximum absolute atomic E-state index is 13.3. The summed E-state index contributed by atoms with van der Waals surface area (Å²) in [5.41, 5.74) is 2.38. The van der Waals surface area contributed by atoms with E-state index in [0.717, 1.165) is 38.3 Å². The van der Waals surface area contributed by atoms with Crippen molar-refractivity contribution < 1.29 is 19.1 Å². The summed E-state index contributed by atoms with van der Waals surface area (Å²) >= 11 is 0. The molecule has 0 radical (unpaired) electrons. The van der Waals surface area contributed by atoms with E-state index in [-0.39, 0.29) is 11.6 Å². The number of fused-ring (bicyclic) bond motifs is 2. The molecule has 2 aromatic rings. The van der Waals surface area contributed by atoms with Crippen molar-refractivity contribution in [2.24, 2.45) is 0 Å². The van der Waals surface area contributed by atoms with Crippen LogP contribution in [0.25, 0.3) is 0 Å². The predicted molar refractivity (Wildman–Crippen MR) is 115 cm³/mol. The zero-order valence-electron chi connectivity index (χ0n) is 17.4. The van der Waals surface area contributed by atoms with Gasteiger partial charge in [0.2, 0.25) is 5.78 Å². The van der Waals surface area contributed by atoms with Gasteiger partial charge in [-0.2, -0.15) is 0 Å². The third kappa shape index (κ3) is 3.53. The van der Waals surface area contributed by atoms with Gasteiger partial charge in [-0.05, 0) is 23.8 Å². The van der Waals surface area contributed by atoms with Gasteiger partial charge in [-0.3, -0.25) is 19.4 Å². The molecule has 0 bridgehead atoms. The van der Waals surface area contributed by atoms with Crippen molar-refractivity contribution in [3.8, 4) is 11.5 Å². The van der Waals surface area contributed by atoms with Crippen molar-refractivity contribution >= 4 is 11.6 Å². The fourth-order valence-corrected chi connectivity index (χ4v) is 4.30.